The number of halogens is 1. The first kappa shape index (κ1) is 10.9. The lowest BCUT2D eigenvalue weighted by Crippen LogP contribution is -2.01. The molecule has 2 aromatic rings. The van der Waals surface area contributed by atoms with Gasteiger partial charge in [0.25, 0.3) is 0 Å². The largest absolute Gasteiger partial charge is 0.504 e. The van der Waals surface area contributed by atoms with E-state index >= 15 is 0 Å². The molecule has 0 unspecified atom stereocenters. The number of phenols is 1. The van der Waals surface area contributed by atoms with Crippen LogP contribution < -0.4 is 4.74 Å². The van der Waals surface area contributed by atoms with Crippen molar-refractivity contribution < 1.29 is 9.84 Å². The third-order valence-corrected chi connectivity index (χ3v) is 2.34. The lowest BCUT2D eigenvalue weighted by Gasteiger charge is -2.06. The summed E-state index contributed by atoms with van der Waals surface area (Å²) < 4.78 is 6.09. The molecule has 16 heavy (non-hydrogen) atoms. The van der Waals surface area contributed by atoms with Crippen LogP contribution in [0.15, 0.2) is 41.1 Å². The zero-order valence-corrected chi connectivity index (χ0v) is 9.89. The molecule has 0 bridgehead atoms. The molecule has 0 spiro atoms. The van der Waals surface area contributed by atoms with E-state index in [1.165, 1.54) is 0 Å². The smallest absolute Gasteiger partial charge is 0.167 e. The van der Waals surface area contributed by atoms with Crippen molar-refractivity contribution >= 4 is 15.9 Å². The van der Waals surface area contributed by atoms with Gasteiger partial charge in [-0.3, -0.25) is 0 Å². The van der Waals surface area contributed by atoms with Gasteiger partial charge in [-0.1, -0.05) is 12.1 Å². The van der Waals surface area contributed by atoms with Crippen LogP contribution in [0.3, 0.4) is 0 Å². The Hall–Kier alpha value is -1.62. The minimum absolute atomic E-state index is 0.109. The molecule has 0 radical (unpaired) electrons. The SMILES string of the molecule is Oc1ccccc1OCc1nccc(Br)n1. The van der Waals surface area contributed by atoms with Gasteiger partial charge in [0, 0.05) is 6.20 Å². The summed E-state index contributed by atoms with van der Waals surface area (Å²) in [5.41, 5.74) is 0. The molecule has 0 aliphatic heterocycles. The van der Waals surface area contributed by atoms with Gasteiger partial charge >= 0.3 is 0 Å². The van der Waals surface area contributed by atoms with E-state index in [-0.39, 0.29) is 12.4 Å². The van der Waals surface area contributed by atoms with Crippen LogP contribution in [-0.4, -0.2) is 15.1 Å². The Morgan fingerprint density at radius 3 is 2.81 bits per heavy atom. The molecule has 0 atom stereocenters. The van der Waals surface area contributed by atoms with Crippen LogP contribution in [0.4, 0.5) is 0 Å². The maximum atomic E-state index is 9.47. The van der Waals surface area contributed by atoms with E-state index < -0.39 is 0 Å². The molecule has 0 saturated carbocycles. The molecule has 1 heterocycles. The van der Waals surface area contributed by atoms with Crippen molar-refractivity contribution in [1.82, 2.24) is 9.97 Å². The zero-order chi connectivity index (χ0) is 11.4. The third-order valence-electron chi connectivity index (χ3n) is 1.89. The number of benzene rings is 1. The molecular formula is C11H9BrN2O2. The van der Waals surface area contributed by atoms with Crippen molar-refractivity contribution in [3.05, 3.63) is 47.0 Å². The molecular weight excluding hydrogens is 272 g/mol. The van der Waals surface area contributed by atoms with Gasteiger partial charge in [-0.2, -0.15) is 0 Å². The molecule has 0 aliphatic carbocycles. The standard InChI is InChI=1S/C11H9BrN2O2/c12-10-5-6-13-11(14-10)7-16-9-4-2-1-3-8(9)15/h1-6,15H,7H2. The van der Waals surface area contributed by atoms with Crippen LogP contribution in [0.25, 0.3) is 0 Å². The highest BCUT2D eigenvalue weighted by atomic mass is 79.9. The Morgan fingerprint density at radius 2 is 2.06 bits per heavy atom. The number of hydrogen-bond acceptors (Lipinski definition) is 4. The fraction of sp³-hybridized carbons (Fsp3) is 0.0909. The second-order valence-corrected chi connectivity index (χ2v) is 3.86. The lowest BCUT2D eigenvalue weighted by atomic mass is 10.3. The summed E-state index contributed by atoms with van der Waals surface area (Å²) in [5, 5.41) is 9.47. The van der Waals surface area contributed by atoms with E-state index in [0.29, 0.717) is 16.2 Å². The molecule has 82 valence electrons. The van der Waals surface area contributed by atoms with Crippen LogP contribution in [0.5, 0.6) is 11.5 Å². The van der Waals surface area contributed by atoms with Gasteiger partial charge < -0.3 is 9.84 Å². The number of rotatable bonds is 3. The van der Waals surface area contributed by atoms with Crippen molar-refractivity contribution in [3.63, 3.8) is 0 Å². The van der Waals surface area contributed by atoms with Crippen LogP contribution in [0.2, 0.25) is 0 Å². The molecule has 0 aliphatic rings. The highest BCUT2D eigenvalue weighted by Gasteiger charge is 2.02. The summed E-state index contributed by atoms with van der Waals surface area (Å²) >= 11 is 3.25. The summed E-state index contributed by atoms with van der Waals surface area (Å²) in [6, 6.07) is 8.52. The van der Waals surface area contributed by atoms with E-state index in [1.807, 2.05) is 0 Å². The number of para-hydroxylation sites is 2. The predicted molar refractivity (Wildman–Crippen MR) is 62.2 cm³/mol. The van der Waals surface area contributed by atoms with E-state index in [1.54, 1.807) is 36.5 Å². The lowest BCUT2D eigenvalue weighted by molar-refractivity contribution is 0.280. The summed E-state index contributed by atoms with van der Waals surface area (Å²) in [7, 11) is 0. The van der Waals surface area contributed by atoms with Crippen LogP contribution in [0.1, 0.15) is 5.82 Å². The average Bonchev–Trinajstić information content (AvgIpc) is 2.28. The Labute approximate surface area is 101 Å². The molecule has 0 amide bonds. The van der Waals surface area contributed by atoms with E-state index in [4.69, 9.17) is 4.74 Å². The van der Waals surface area contributed by atoms with Gasteiger partial charge in [0.2, 0.25) is 0 Å². The highest BCUT2D eigenvalue weighted by molar-refractivity contribution is 9.10. The molecule has 5 heteroatoms. The fourth-order valence-corrected chi connectivity index (χ4v) is 1.49. The first-order valence-electron chi connectivity index (χ1n) is 4.64. The predicted octanol–water partition coefficient (Wildman–Crippen LogP) is 2.52. The van der Waals surface area contributed by atoms with Crippen LogP contribution in [0, 0.1) is 0 Å². The van der Waals surface area contributed by atoms with E-state index in [2.05, 4.69) is 25.9 Å². The number of hydrogen-bond donors (Lipinski definition) is 1. The quantitative estimate of drug-likeness (QED) is 0.878. The van der Waals surface area contributed by atoms with Crippen molar-refractivity contribution in [2.45, 2.75) is 6.61 Å². The second kappa shape index (κ2) is 4.94. The number of ether oxygens (including phenoxy) is 1. The number of aromatic nitrogens is 2. The third kappa shape index (κ3) is 2.70. The average molecular weight is 281 g/mol. The van der Waals surface area contributed by atoms with Gasteiger partial charge in [-0.05, 0) is 34.1 Å². The van der Waals surface area contributed by atoms with Crippen molar-refractivity contribution in [1.29, 1.82) is 0 Å². The van der Waals surface area contributed by atoms with Crippen molar-refractivity contribution in [2.24, 2.45) is 0 Å². The van der Waals surface area contributed by atoms with Gasteiger partial charge in [0.1, 0.15) is 11.2 Å². The van der Waals surface area contributed by atoms with Crippen molar-refractivity contribution in [3.8, 4) is 11.5 Å². The Morgan fingerprint density at radius 1 is 1.25 bits per heavy atom. The summed E-state index contributed by atoms with van der Waals surface area (Å²) in [4.78, 5) is 8.15. The van der Waals surface area contributed by atoms with E-state index in [9.17, 15) is 5.11 Å². The van der Waals surface area contributed by atoms with E-state index in [0.717, 1.165) is 0 Å². The summed E-state index contributed by atoms with van der Waals surface area (Å²) in [6.07, 6.45) is 1.64. The monoisotopic (exact) mass is 280 g/mol. The van der Waals surface area contributed by atoms with Crippen LogP contribution >= 0.6 is 15.9 Å². The summed E-state index contributed by atoms with van der Waals surface area (Å²) in [5.74, 6) is 1.08. The van der Waals surface area contributed by atoms with Gasteiger partial charge in [-0.15, -0.1) is 0 Å². The number of aromatic hydroxyl groups is 1. The van der Waals surface area contributed by atoms with Gasteiger partial charge in [0.05, 0.1) is 0 Å². The molecule has 0 fully saturated rings. The molecule has 1 aromatic heterocycles. The van der Waals surface area contributed by atoms with Gasteiger partial charge in [0.15, 0.2) is 17.3 Å². The Bertz CT molecular complexity index is 491. The van der Waals surface area contributed by atoms with Gasteiger partial charge in [-0.25, -0.2) is 9.97 Å². The molecule has 1 aromatic carbocycles. The second-order valence-electron chi connectivity index (χ2n) is 3.05. The molecule has 4 nitrogen and oxygen atoms in total. The highest BCUT2D eigenvalue weighted by Crippen LogP contribution is 2.24. The maximum absolute atomic E-state index is 9.47. The maximum Gasteiger partial charge on any atom is 0.167 e. The Kier molecular flexibility index (Phi) is 3.36. The molecule has 1 N–H and O–H groups in total. The number of phenolic OH excluding ortho intramolecular Hbond substituents is 1. The molecule has 0 saturated heterocycles. The molecule has 2 rings (SSSR count). The first-order valence-corrected chi connectivity index (χ1v) is 5.43. The van der Waals surface area contributed by atoms with Crippen molar-refractivity contribution in [2.75, 3.05) is 0 Å². The topological polar surface area (TPSA) is 55.2 Å². The van der Waals surface area contributed by atoms with Crippen LogP contribution in [-0.2, 0) is 6.61 Å². The first-order chi connectivity index (χ1) is 7.75. The normalized spacial score (nSPS) is 10.1. The minimum Gasteiger partial charge on any atom is -0.504 e. The Balaban J connectivity index is 2.05. The fourth-order valence-electron chi connectivity index (χ4n) is 1.17. The zero-order valence-electron chi connectivity index (χ0n) is 8.30. The number of nitrogens with zero attached hydrogens (tertiary/aromatic N) is 2. The minimum atomic E-state index is 0.109. The summed E-state index contributed by atoms with van der Waals surface area (Å²) in [6.45, 7) is 0.219.